The highest BCUT2D eigenvalue weighted by atomic mass is 35.5. The summed E-state index contributed by atoms with van der Waals surface area (Å²) in [4.78, 5) is 0. The number of aliphatic hydroxyl groups excluding tert-OH is 1. The summed E-state index contributed by atoms with van der Waals surface area (Å²) in [6.07, 6.45) is 0.666. The Bertz CT molecular complexity index is 649. The number of benzene rings is 2. The highest BCUT2D eigenvalue weighted by molar-refractivity contribution is 6.30. The fraction of sp³-hybridized carbons (Fsp3) is 0.294. The van der Waals surface area contributed by atoms with Crippen molar-refractivity contribution in [2.24, 2.45) is 11.1 Å². The van der Waals surface area contributed by atoms with Gasteiger partial charge in [-0.05, 0) is 41.7 Å². The number of fused-ring (bicyclic) bond motifs is 1. The van der Waals surface area contributed by atoms with E-state index in [1.54, 1.807) is 6.07 Å². The third-order valence-electron chi connectivity index (χ3n) is 4.45. The van der Waals surface area contributed by atoms with Gasteiger partial charge in [-0.15, -0.1) is 0 Å². The molecular formula is C17H17ClFNO. The zero-order valence-corrected chi connectivity index (χ0v) is 12.3. The first kappa shape index (κ1) is 14.5. The number of hydrogen-bond donors (Lipinski definition) is 2. The van der Waals surface area contributed by atoms with Gasteiger partial charge in [-0.3, -0.25) is 0 Å². The van der Waals surface area contributed by atoms with Gasteiger partial charge in [-0.2, -0.15) is 0 Å². The van der Waals surface area contributed by atoms with Crippen molar-refractivity contribution >= 4 is 11.6 Å². The van der Waals surface area contributed by atoms with E-state index in [1.165, 1.54) is 23.3 Å². The second-order valence-electron chi connectivity index (χ2n) is 5.76. The second-order valence-corrected chi connectivity index (χ2v) is 6.17. The Kier molecular flexibility index (Phi) is 3.74. The monoisotopic (exact) mass is 305 g/mol. The molecule has 21 heavy (non-hydrogen) atoms. The maximum atomic E-state index is 13.3. The first-order chi connectivity index (χ1) is 10.1. The Balaban J connectivity index is 1.95. The predicted octanol–water partition coefficient (Wildman–Crippen LogP) is 3.26. The number of hydrogen-bond acceptors (Lipinski definition) is 2. The fourth-order valence-corrected chi connectivity index (χ4v) is 3.40. The molecule has 2 aromatic rings. The average Bonchev–Trinajstić information content (AvgIpc) is 2.89. The van der Waals surface area contributed by atoms with Gasteiger partial charge in [-0.25, -0.2) is 4.39 Å². The predicted molar refractivity (Wildman–Crippen MR) is 81.7 cm³/mol. The van der Waals surface area contributed by atoms with Crippen molar-refractivity contribution in [3.05, 3.63) is 70.0 Å². The highest BCUT2D eigenvalue weighted by Gasteiger charge is 2.42. The molecule has 1 aliphatic rings. The van der Waals surface area contributed by atoms with E-state index in [0.717, 1.165) is 12.8 Å². The van der Waals surface area contributed by atoms with Crippen LogP contribution in [-0.4, -0.2) is 11.7 Å². The zero-order valence-electron chi connectivity index (χ0n) is 11.5. The molecule has 0 bridgehead atoms. The van der Waals surface area contributed by atoms with E-state index in [0.29, 0.717) is 12.1 Å². The van der Waals surface area contributed by atoms with Gasteiger partial charge in [0.2, 0.25) is 0 Å². The van der Waals surface area contributed by atoms with Gasteiger partial charge in [0.1, 0.15) is 5.82 Å². The molecule has 2 aromatic carbocycles. The number of nitrogens with two attached hydrogens (primary N) is 1. The van der Waals surface area contributed by atoms with Gasteiger partial charge in [0.15, 0.2) is 0 Å². The Morgan fingerprint density at radius 1 is 1.19 bits per heavy atom. The Morgan fingerprint density at radius 3 is 2.33 bits per heavy atom. The van der Waals surface area contributed by atoms with Crippen molar-refractivity contribution in [2.75, 3.05) is 6.54 Å². The lowest BCUT2D eigenvalue weighted by atomic mass is 9.76. The van der Waals surface area contributed by atoms with Crippen molar-refractivity contribution in [1.29, 1.82) is 0 Å². The summed E-state index contributed by atoms with van der Waals surface area (Å²) >= 11 is 5.82. The smallest absolute Gasteiger partial charge is 0.141 e. The molecule has 0 heterocycles. The molecule has 1 atom stereocenters. The molecule has 0 radical (unpaired) electrons. The summed E-state index contributed by atoms with van der Waals surface area (Å²) in [5.41, 5.74) is 8.58. The van der Waals surface area contributed by atoms with Crippen molar-refractivity contribution in [2.45, 2.75) is 18.9 Å². The topological polar surface area (TPSA) is 46.2 Å². The summed E-state index contributed by atoms with van der Waals surface area (Å²) in [6, 6.07) is 12.5. The Morgan fingerprint density at radius 2 is 1.81 bits per heavy atom. The van der Waals surface area contributed by atoms with E-state index in [4.69, 9.17) is 17.3 Å². The first-order valence-corrected chi connectivity index (χ1v) is 7.33. The maximum absolute atomic E-state index is 13.3. The molecule has 0 saturated heterocycles. The quantitative estimate of drug-likeness (QED) is 0.914. The maximum Gasteiger partial charge on any atom is 0.141 e. The minimum atomic E-state index is -0.770. The van der Waals surface area contributed by atoms with Crippen molar-refractivity contribution in [1.82, 2.24) is 0 Å². The van der Waals surface area contributed by atoms with Crippen LogP contribution in [0.25, 0.3) is 0 Å². The van der Waals surface area contributed by atoms with Crippen LogP contribution in [-0.2, 0) is 12.8 Å². The van der Waals surface area contributed by atoms with Crippen LogP contribution in [0.2, 0.25) is 5.02 Å². The molecule has 0 spiro atoms. The molecule has 0 saturated carbocycles. The standard InChI is InChI=1S/C17H17ClFNO/c18-14-7-11(5-6-15(14)19)16(21)17(10-20)8-12-3-1-2-4-13(12)9-17/h1-7,16,21H,8-10,20H2. The normalized spacial score (nSPS) is 17.5. The minimum Gasteiger partial charge on any atom is -0.388 e. The summed E-state index contributed by atoms with van der Waals surface area (Å²) in [7, 11) is 0. The molecule has 1 aliphatic carbocycles. The minimum absolute atomic E-state index is 0.0224. The molecule has 0 fully saturated rings. The number of aliphatic hydroxyl groups is 1. The third-order valence-corrected chi connectivity index (χ3v) is 4.74. The molecule has 0 aromatic heterocycles. The van der Waals surface area contributed by atoms with Crippen molar-refractivity contribution in [3.8, 4) is 0 Å². The Hall–Kier alpha value is -1.42. The molecule has 3 N–H and O–H groups in total. The van der Waals surface area contributed by atoms with Gasteiger partial charge < -0.3 is 10.8 Å². The zero-order chi connectivity index (χ0) is 15.0. The lowest BCUT2D eigenvalue weighted by Crippen LogP contribution is -2.37. The largest absolute Gasteiger partial charge is 0.388 e. The van der Waals surface area contributed by atoms with Gasteiger partial charge in [-0.1, -0.05) is 41.9 Å². The summed E-state index contributed by atoms with van der Waals surface area (Å²) < 4.78 is 13.3. The lowest BCUT2D eigenvalue weighted by Gasteiger charge is -2.33. The molecule has 0 amide bonds. The molecular weight excluding hydrogens is 289 g/mol. The SMILES string of the molecule is NCC1(C(O)c2ccc(F)c(Cl)c2)Cc2ccccc2C1. The van der Waals surface area contributed by atoms with Crippen molar-refractivity contribution < 1.29 is 9.50 Å². The van der Waals surface area contributed by atoms with Crippen LogP contribution >= 0.6 is 11.6 Å². The van der Waals surface area contributed by atoms with Gasteiger partial charge >= 0.3 is 0 Å². The van der Waals surface area contributed by atoms with E-state index in [-0.39, 0.29) is 5.02 Å². The summed E-state index contributed by atoms with van der Waals surface area (Å²) in [5.74, 6) is -0.482. The molecule has 1 unspecified atom stereocenters. The number of halogens is 2. The van der Waals surface area contributed by atoms with Crippen LogP contribution in [0.4, 0.5) is 4.39 Å². The molecule has 2 nitrogen and oxygen atoms in total. The van der Waals surface area contributed by atoms with Crippen LogP contribution in [0.1, 0.15) is 22.8 Å². The highest BCUT2D eigenvalue weighted by Crippen LogP contribution is 2.45. The van der Waals surface area contributed by atoms with Gasteiger partial charge in [0, 0.05) is 12.0 Å². The first-order valence-electron chi connectivity index (χ1n) is 6.95. The van der Waals surface area contributed by atoms with E-state index >= 15 is 0 Å². The summed E-state index contributed by atoms with van der Waals surface area (Å²) in [5, 5.41) is 10.8. The van der Waals surface area contributed by atoms with Crippen LogP contribution in [0.15, 0.2) is 42.5 Å². The molecule has 4 heteroatoms. The number of rotatable bonds is 3. The summed E-state index contributed by atoms with van der Waals surface area (Å²) in [6.45, 7) is 0.359. The van der Waals surface area contributed by atoms with Crippen LogP contribution < -0.4 is 5.73 Å². The molecule has 3 rings (SSSR count). The molecule has 110 valence electrons. The third kappa shape index (κ3) is 2.46. The second kappa shape index (κ2) is 5.41. The van der Waals surface area contributed by atoms with Crippen LogP contribution in [0.3, 0.4) is 0 Å². The average molecular weight is 306 g/mol. The Labute approximate surface area is 128 Å². The molecule has 0 aliphatic heterocycles. The van der Waals surface area contributed by atoms with E-state index < -0.39 is 17.3 Å². The van der Waals surface area contributed by atoms with E-state index in [9.17, 15) is 9.50 Å². The van der Waals surface area contributed by atoms with Crippen LogP contribution in [0, 0.1) is 11.2 Å². The van der Waals surface area contributed by atoms with E-state index in [2.05, 4.69) is 12.1 Å². The van der Waals surface area contributed by atoms with Crippen molar-refractivity contribution in [3.63, 3.8) is 0 Å². The van der Waals surface area contributed by atoms with Gasteiger partial charge in [0.05, 0.1) is 11.1 Å². The fourth-order valence-electron chi connectivity index (χ4n) is 3.21. The lowest BCUT2D eigenvalue weighted by molar-refractivity contribution is 0.0358. The van der Waals surface area contributed by atoms with Gasteiger partial charge in [0.25, 0.3) is 0 Å². The van der Waals surface area contributed by atoms with Crippen LogP contribution in [0.5, 0.6) is 0 Å². The van der Waals surface area contributed by atoms with E-state index in [1.807, 2.05) is 12.1 Å².